The first kappa shape index (κ1) is 32.7. The maximum atomic E-state index is 13.9. The van der Waals surface area contributed by atoms with Crippen LogP contribution in [0.2, 0.25) is 0 Å². The van der Waals surface area contributed by atoms with Gasteiger partial charge in [0.15, 0.2) is 0 Å². The lowest BCUT2D eigenvalue weighted by atomic mass is 9.91. The third kappa shape index (κ3) is 7.31. The zero-order valence-corrected chi connectivity index (χ0v) is 25.1. The van der Waals surface area contributed by atoms with Crippen LogP contribution < -0.4 is 10.2 Å². The van der Waals surface area contributed by atoms with Gasteiger partial charge in [0.05, 0.1) is 43.8 Å². The molecular formula is C29H42Cl2FN5O3. The van der Waals surface area contributed by atoms with Gasteiger partial charge in [0, 0.05) is 56.4 Å². The molecule has 8 nitrogen and oxygen atoms in total. The molecule has 2 N–H and O–H groups in total. The van der Waals surface area contributed by atoms with Crippen LogP contribution in [0.1, 0.15) is 37.6 Å². The summed E-state index contributed by atoms with van der Waals surface area (Å²) >= 11 is 0. The monoisotopic (exact) mass is 597 g/mol. The second-order valence-electron chi connectivity index (χ2n) is 11.7. The first-order chi connectivity index (χ1) is 18.2. The molecule has 0 bridgehead atoms. The highest BCUT2D eigenvalue weighted by Gasteiger charge is 2.41. The Morgan fingerprint density at radius 2 is 1.93 bits per heavy atom. The molecular weight excluding hydrogens is 556 g/mol. The number of ether oxygens (including phenoxy) is 1. The first-order valence-corrected chi connectivity index (χ1v) is 13.7. The van der Waals surface area contributed by atoms with E-state index in [1.807, 2.05) is 11.1 Å². The molecule has 1 aromatic heterocycles. The molecule has 2 fully saturated rings. The zero-order valence-electron chi connectivity index (χ0n) is 23.5. The van der Waals surface area contributed by atoms with Crippen molar-refractivity contribution in [2.75, 3.05) is 64.0 Å². The molecule has 222 valence electrons. The number of amides is 1. The number of nitrogens with zero attached hydrogens (tertiary/aromatic N) is 4. The van der Waals surface area contributed by atoms with Crippen LogP contribution in [0, 0.1) is 5.82 Å². The molecule has 0 unspecified atom stereocenters. The van der Waals surface area contributed by atoms with E-state index in [-0.39, 0.29) is 60.6 Å². The summed E-state index contributed by atoms with van der Waals surface area (Å²) in [4.78, 5) is 25.2. The topological polar surface area (TPSA) is 81.2 Å². The van der Waals surface area contributed by atoms with Gasteiger partial charge in [-0.25, -0.2) is 4.39 Å². The highest BCUT2D eigenvalue weighted by Crippen LogP contribution is 2.39. The minimum atomic E-state index is -0.250. The van der Waals surface area contributed by atoms with Crippen molar-refractivity contribution in [2.45, 2.75) is 50.7 Å². The molecule has 2 saturated heterocycles. The first-order valence-electron chi connectivity index (χ1n) is 13.7. The van der Waals surface area contributed by atoms with Crippen molar-refractivity contribution in [3.63, 3.8) is 0 Å². The molecule has 5 rings (SSSR count). The normalized spacial score (nSPS) is 24.6. The van der Waals surface area contributed by atoms with Crippen LogP contribution in [0.25, 0.3) is 0 Å². The molecule has 4 heterocycles. The molecule has 1 amide bonds. The Morgan fingerprint density at radius 1 is 1.18 bits per heavy atom. The number of hydrogen-bond acceptors (Lipinski definition) is 7. The van der Waals surface area contributed by atoms with Gasteiger partial charge in [-0.3, -0.25) is 19.6 Å². The van der Waals surface area contributed by atoms with Crippen LogP contribution in [0.5, 0.6) is 0 Å². The molecule has 40 heavy (non-hydrogen) atoms. The number of fused-ring (bicyclic) bond motifs is 1. The fraction of sp³-hybridized carbons (Fsp3) is 0.586. The maximum Gasteiger partial charge on any atom is 0.241 e. The molecule has 3 aliphatic heterocycles. The van der Waals surface area contributed by atoms with E-state index in [0.717, 1.165) is 48.7 Å². The minimum Gasteiger partial charge on any atom is -0.395 e. The molecule has 2 aromatic rings. The Labute approximate surface area is 249 Å². The summed E-state index contributed by atoms with van der Waals surface area (Å²) in [7, 11) is 0. The number of hydrogen-bond donors (Lipinski definition) is 2. The van der Waals surface area contributed by atoms with E-state index in [9.17, 15) is 14.3 Å². The average Bonchev–Trinajstić information content (AvgIpc) is 3.17. The Balaban J connectivity index is 0.00000220. The Morgan fingerprint density at radius 3 is 2.65 bits per heavy atom. The molecule has 1 aromatic carbocycles. The summed E-state index contributed by atoms with van der Waals surface area (Å²) in [6, 6.07) is 9.06. The number of aromatic nitrogens is 1. The van der Waals surface area contributed by atoms with Crippen molar-refractivity contribution in [1.82, 2.24) is 20.1 Å². The number of aliphatic hydroxyl groups is 1. The number of nitrogens with one attached hydrogen (secondary N) is 1. The maximum absolute atomic E-state index is 13.9. The minimum absolute atomic E-state index is 0. The van der Waals surface area contributed by atoms with Crippen LogP contribution in [-0.4, -0.2) is 103 Å². The number of carbonyl (C=O) groups excluding carboxylic acids is 1. The van der Waals surface area contributed by atoms with Gasteiger partial charge in [0.25, 0.3) is 0 Å². The number of rotatable bonds is 7. The SMILES string of the molecule is C[C@@H]1CN(CC(=O)N2CC(C)(C)c3ncc(Cc4ccc(F)cc4)cc32)[C@@H](CN2CCOC[C@H]2CO)CN1.Cl.Cl. The van der Waals surface area contributed by atoms with E-state index >= 15 is 0 Å². The second kappa shape index (κ2) is 13.9. The molecule has 11 heteroatoms. The number of morpholine rings is 1. The van der Waals surface area contributed by atoms with Crippen molar-refractivity contribution < 1.29 is 19.0 Å². The van der Waals surface area contributed by atoms with Gasteiger partial charge in [0.2, 0.25) is 5.91 Å². The van der Waals surface area contributed by atoms with Gasteiger partial charge in [0.1, 0.15) is 5.82 Å². The van der Waals surface area contributed by atoms with Crippen molar-refractivity contribution in [2.24, 2.45) is 0 Å². The van der Waals surface area contributed by atoms with E-state index in [4.69, 9.17) is 9.72 Å². The number of pyridine rings is 1. The van der Waals surface area contributed by atoms with Gasteiger partial charge in [-0.1, -0.05) is 26.0 Å². The summed E-state index contributed by atoms with van der Waals surface area (Å²) in [5.41, 5.74) is 3.59. The van der Waals surface area contributed by atoms with Gasteiger partial charge in [-0.15, -0.1) is 24.8 Å². The lowest BCUT2D eigenvalue weighted by Crippen LogP contribution is -2.62. The summed E-state index contributed by atoms with van der Waals surface area (Å²) in [5, 5.41) is 13.4. The molecule has 0 spiro atoms. The van der Waals surface area contributed by atoms with E-state index in [1.54, 1.807) is 12.1 Å². The summed E-state index contributed by atoms with van der Waals surface area (Å²) in [5.74, 6) is -0.169. The van der Waals surface area contributed by atoms with Gasteiger partial charge < -0.3 is 20.1 Å². The summed E-state index contributed by atoms with van der Waals surface area (Å²) in [6.45, 7) is 11.8. The van der Waals surface area contributed by atoms with Crippen molar-refractivity contribution >= 4 is 36.4 Å². The zero-order chi connectivity index (χ0) is 26.9. The van der Waals surface area contributed by atoms with Gasteiger partial charge >= 0.3 is 0 Å². The third-order valence-corrected chi connectivity index (χ3v) is 8.10. The lowest BCUT2D eigenvalue weighted by Gasteiger charge is -2.44. The van der Waals surface area contributed by atoms with E-state index in [1.165, 1.54) is 12.1 Å². The molecule has 3 atom stereocenters. The van der Waals surface area contributed by atoms with Crippen molar-refractivity contribution in [3.8, 4) is 0 Å². The predicted octanol–water partition coefficient (Wildman–Crippen LogP) is 2.63. The van der Waals surface area contributed by atoms with Gasteiger partial charge in [-0.2, -0.15) is 0 Å². The Hall–Kier alpha value is -1.85. The van der Waals surface area contributed by atoms with E-state index in [0.29, 0.717) is 38.8 Å². The second-order valence-corrected chi connectivity index (χ2v) is 11.7. The van der Waals surface area contributed by atoms with E-state index in [2.05, 4.69) is 42.0 Å². The number of carbonyl (C=O) groups is 1. The van der Waals surface area contributed by atoms with Crippen LogP contribution in [0.15, 0.2) is 36.5 Å². The average molecular weight is 599 g/mol. The number of aliphatic hydroxyl groups excluding tert-OH is 1. The quantitative estimate of drug-likeness (QED) is 0.508. The summed E-state index contributed by atoms with van der Waals surface area (Å²) < 4.78 is 18.9. The van der Waals surface area contributed by atoms with Crippen LogP contribution in [0.4, 0.5) is 10.1 Å². The molecule has 0 saturated carbocycles. The van der Waals surface area contributed by atoms with Crippen molar-refractivity contribution in [3.05, 3.63) is 59.2 Å². The van der Waals surface area contributed by atoms with Crippen LogP contribution >= 0.6 is 24.8 Å². The fourth-order valence-corrected chi connectivity index (χ4v) is 5.97. The molecule has 0 radical (unpaired) electrons. The predicted molar refractivity (Wildman–Crippen MR) is 159 cm³/mol. The van der Waals surface area contributed by atoms with Crippen molar-refractivity contribution in [1.29, 1.82) is 0 Å². The summed E-state index contributed by atoms with van der Waals surface area (Å²) in [6.07, 6.45) is 2.51. The number of piperazine rings is 1. The largest absolute Gasteiger partial charge is 0.395 e. The Bertz CT molecular complexity index is 1140. The third-order valence-electron chi connectivity index (χ3n) is 8.10. The number of benzene rings is 1. The van der Waals surface area contributed by atoms with Crippen LogP contribution in [0.3, 0.4) is 0 Å². The fourth-order valence-electron chi connectivity index (χ4n) is 5.97. The van der Waals surface area contributed by atoms with E-state index < -0.39 is 0 Å². The number of halogens is 3. The Kier molecular flexibility index (Phi) is 11.3. The lowest BCUT2D eigenvalue weighted by molar-refractivity contribution is -0.121. The van der Waals surface area contributed by atoms with Crippen LogP contribution in [-0.2, 0) is 21.4 Å². The highest BCUT2D eigenvalue weighted by molar-refractivity contribution is 5.97. The molecule has 3 aliphatic rings. The molecule has 0 aliphatic carbocycles. The number of anilines is 1. The smallest absolute Gasteiger partial charge is 0.241 e. The standard InChI is InChI=1S/C29H40FN5O3.2ClH/c1-20-14-34(24(13-31-20)15-33-8-9-38-18-25(33)17-36)16-27(37)35-19-29(2,3)28-26(35)11-22(12-32-28)10-21-4-6-23(30)7-5-21;;/h4-7,11-12,20,24-25,31,36H,8-10,13-19H2,1-3H3;2*1H/t20-,24-,25-;;/m1../s1. The highest BCUT2D eigenvalue weighted by atomic mass is 35.5. The van der Waals surface area contributed by atoms with Gasteiger partial charge in [-0.05, 0) is 42.7 Å².